The van der Waals surface area contributed by atoms with Crippen molar-refractivity contribution in [1.29, 1.82) is 0 Å². The second-order valence-electron chi connectivity index (χ2n) is 11.4. The third kappa shape index (κ3) is 3.23. The van der Waals surface area contributed by atoms with Gasteiger partial charge in [-0.3, -0.25) is 9.98 Å². The van der Waals surface area contributed by atoms with Crippen LogP contribution < -0.4 is 4.90 Å². The van der Waals surface area contributed by atoms with Crippen LogP contribution >= 0.6 is 0 Å². The molecule has 3 aromatic heterocycles. The van der Waals surface area contributed by atoms with Crippen LogP contribution in [0.1, 0.15) is 11.3 Å². The maximum Gasteiger partial charge on any atom is 0.159 e. The number of hydrogen-bond donors (Lipinski definition) is 0. The van der Waals surface area contributed by atoms with E-state index in [1.807, 2.05) is 18.5 Å². The third-order valence-corrected chi connectivity index (χ3v) is 8.99. The second kappa shape index (κ2) is 8.79. The Hall–Kier alpha value is -5.94. The average molecular weight is 566 g/mol. The number of furan rings is 2. The Labute approximate surface area is 251 Å². The topological polar surface area (TPSA) is 54.8 Å². The summed E-state index contributed by atoms with van der Waals surface area (Å²) >= 11 is 0. The molecule has 6 aromatic carbocycles. The Morgan fingerprint density at radius 1 is 0.591 bits per heavy atom. The van der Waals surface area contributed by atoms with Crippen LogP contribution in [0.25, 0.3) is 65.2 Å². The molecule has 0 atom stereocenters. The van der Waals surface area contributed by atoms with E-state index in [0.717, 1.165) is 61.3 Å². The SMILES string of the molecule is C1=NCc2oc3c(N(c4ccc5c(ccc6ccc7ccccc7c65)c4)c4cccc5c4oc4cnccc45)cccc3c21. The van der Waals surface area contributed by atoms with Crippen LogP contribution in [0.15, 0.2) is 135 Å². The first-order valence-electron chi connectivity index (χ1n) is 14.8. The minimum Gasteiger partial charge on any atom is -0.456 e. The van der Waals surface area contributed by atoms with Crippen LogP contribution in [0.2, 0.25) is 0 Å². The Bertz CT molecular complexity index is 2660. The number of aliphatic imine (C=N–C) groups is 1. The normalized spacial score (nSPS) is 12.8. The van der Waals surface area contributed by atoms with Gasteiger partial charge in [-0.25, -0.2) is 0 Å². The molecular weight excluding hydrogens is 542 g/mol. The van der Waals surface area contributed by atoms with Crippen molar-refractivity contribution < 1.29 is 8.83 Å². The minimum absolute atomic E-state index is 0.562. The number of rotatable bonds is 3. The lowest BCUT2D eigenvalue weighted by Gasteiger charge is -2.26. The highest BCUT2D eigenvalue weighted by molar-refractivity contribution is 6.21. The molecule has 4 heterocycles. The number of pyridine rings is 1. The number of benzene rings is 6. The largest absolute Gasteiger partial charge is 0.456 e. The van der Waals surface area contributed by atoms with Crippen molar-refractivity contribution in [2.24, 2.45) is 4.99 Å². The molecule has 0 spiro atoms. The first kappa shape index (κ1) is 23.6. The van der Waals surface area contributed by atoms with Gasteiger partial charge in [-0.2, -0.15) is 0 Å². The van der Waals surface area contributed by atoms with Gasteiger partial charge in [-0.15, -0.1) is 0 Å². The van der Waals surface area contributed by atoms with Crippen molar-refractivity contribution in [2.45, 2.75) is 6.54 Å². The Morgan fingerprint density at radius 3 is 2.25 bits per heavy atom. The number of nitrogens with zero attached hydrogens (tertiary/aromatic N) is 3. The van der Waals surface area contributed by atoms with E-state index in [9.17, 15) is 0 Å². The summed E-state index contributed by atoms with van der Waals surface area (Å²) in [4.78, 5) is 11.0. The summed E-state index contributed by atoms with van der Waals surface area (Å²) in [5.74, 6) is 0.900. The van der Waals surface area contributed by atoms with Gasteiger partial charge in [0.2, 0.25) is 0 Å². The van der Waals surface area contributed by atoms with Crippen LogP contribution in [0.5, 0.6) is 0 Å². The molecule has 1 aliphatic heterocycles. The molecule has 1 aliphatic rings. The molecule has 44 heavy (non-hydrogen) atoms. The van der Waals surface area contributed by atoms with Crippen LogP contribution in [-0.4, -0.2) is 11.2 Å². The van der Waals surface area contributed by atoms with E-state index >= 15 is 0 Å². The fourth-order valence-corrected chi connectivity index (χ4v) is 7.01. The van der Waals surface area contributed by atoms with Crippen LogP contribution in [0.4, 0.5) is 17.1 Å². The summed E-state index contributed by atoms with van der Waals surface area (Å²) in [5, 5.41) is 10.5. The molecule has 0 radical (unpaired) electrons. The first-order chi connectivity index (χ1) is 21.8. The lowest BCUT2D eigenvalue weighted by Crippen LogP contribution is -2.10. The highest BCUT2D eigenvalue weighted by atomic mass is 16.3. The van der Waals surface area contributed by atoms with E-state index < -0.39 is 0 Å². The van der Waals surface area contributed by atoms with Gasteiger partial charge >= 0.3 is 0 Å². The molecule has 0 unspecified atom stereocenters. The van der Waals surface area contributed by atoms with Gasteiger partial charge in [0.25, 0.3) is 0 Å². The zero-order valence-electron chi connectivity index (χ0n) is 23.5. The monoisotopic (exact) mass is 565 g/mol. The second-order valence-corrected chi connectivity index (χ2v) is 11.4. The summed E-state index contributed by atoms with van der Waals surface area (Å²) in [5.41, 5.74) is 6.36. The van der Waals surface area contributed by atoms with Gasteiger partial charge in [0.15, 0.2) is 16.7 Å². The number of hydrogen-bond acceptors (Lipinski definition) is 5. The van der Waals surface area contributed by atoms with E-state index in [1.165, 1.54) is 32.3 Å². The zero-order chi connectivity index (χ0) is 28.8. The molecule has 9 aromatic rings. The van der Waals surface area contributed by atoms with Gasteiger partial charge in [0.1, 0.15) is 5.76 Å². The highest BCUT2D eigenvalue weighted by Crippen LogP contribution is 2.46. The lowest BCUT2D eigenvalue weighted by atomic mass is 9.96. The molecule has 10 rings (SSSR count). The molecule has 0 fully saturated rings. The van der Waals surface area contributed by atoms with Gasteiger partial charge in [0, 0.05) is 39.8 Å². The van der Waals surface area contributed by atoms with Crippen molar-refractivity contribution in [2.75, 3.05) is 4.90 Å². The highest BCUT2D eigenvalue weighted by Gasteiger charge is 2.25. The standard InChI is InChI=1S/C39H23N3O2/c1-2-6-27-23(5-1)11-12-24-13-14-25-19-26(15-16-28(25)37(24)27)42(34-10-4-8-31-32-20-41-22-36(32)44-39(31)34)33-9-3-7-30-29-17-18-40-21-35(29)43-38(30)33/h1-21H,22H2. The molecular formula is C39H23N3O2. The number of fused-ring (bicyclic) bond motifs is 11. The van der Waals surface area contributed by atoms with Crippen LogP contribution in [-0.2, 0) is 6.54 Å². The quantitative estimate of drug-likeness (QED) is 0.200. The molecule has 5 nitrogen and oxygen atoms in total. The third-order valence-electron chi connectivity index (χ3n) is 8.99. The fourth-order valence-electron chi connectivity index (χ4n) is 7.01. The van der Waals surface area contributed by atoms with E-state index in [-0.39, 0.29) is 0 Å². The predicted molar refractivity (Wildman–Crippen MR) is 180 cm³/mol. The van der Waals surface area contributed by atoms with Crippen molar-refractivity contribution in [1.82, 2.24) is 4.98 Å². The van der Waals surface area contributed by atoms with Crippen molar-refractivity contribution >= 4 is 88.5 Å². The van der Waals surface area contributed by atoms with Gasteiger partial charge in [-0.1, -0.05) is 78.9 Å². The van der Waals surface area contributed by atoms with E-state index in [1.54, 1.807) is 6.20 Å². The van der Waals surface area contributed by atoms with Crippen molar-refractivity contribution in [3.63, 3.8) is 0 Å². The molecule has 0 saturated heterocycles. The Kier molecular flexibility index (Phi) is 4.71. The van der Waals surface area contributed by atoms with E-state index in [2.05, 4.69) is 118 Å². The first-order valence-corrected chi connectivity index (χ1v) is 14.8. The van der Waals surface area contributed by atoms with E-state index in [4.69, 9.17) is 8.83 Å². The molecule has 206 valence electrons. The van der Waals surface area contributed by atoms with Crippen molar-refractivity contribution in [3.05, 3.63) is 133 Å². The molecule has 0 bridgehead atoms. The van der Waals surface area contributed by atoms with E-state index in [0.29, 0.717) is 6.54 Å². The smallest absolute Gasteiger partial charge is 0.159 e. The Balaban J connectivity index is 1.28. The minimum atomic E-state index is 0.562. The summed E-state index contributed by atoms with van der Waals surface area (Å²) in [6.45, 7) is 0.562. The molecule has 0 amide bonds. The average Bonchev–Trinajstić information content (AvgIpc) is 3.79. The van der Waals surface area contributed by atoms with Crippen LogP contribution in [0, 0.1) is 0 Å². The van der Waals surface area contributed by atoms with Crippen molar-refractivity contribution in [3.8, 4) is 0 Å². The predicted octanol–water partition coefficient (Wildman–Crippen LogP) is 10.6. The van der Waals surface area contributed by atoms with Gasteiger partial charge in [0.05, 0.1) is 24.1 Å². The maximum absolute atomic E-state index is 6.52. The summed E-state index contributed by atoms with van der Waals surface area (Å²) in [6, 6.07) is 38.9. The fraction of sp³-hybridized carbons (Fsp3) is 0.0256. The number of anilines is 3. The maximum atomic E-state index is 6.52. The summed E-state index contributed by atoms with van der Waals surface area (Å²) in [6.07, 6.45) is 5.52. The summed E-state index contributed by atoms with van der Waals surface area (Å²) in [7, 11) is 0. The Morgan fingerprint density at radius 2 is 1.34 bits per heavy atom. The molecule has 0 saturated carbocycles. The zero-order valence-corrected chi connectivity index (χ0v) is 23.5. The number of aromatic nitrogens is 1. The number of para-hydroxylation sites is 2. The lowest BCUT2D eigenvalue weighted by molar-refractivity contribution is 0.557. The van der Waals surface area contributed by atoms with Crippen LogP contribution in [0.3, 0.4) is 0 Å². The molecule has 0 N–H and O–H groups in total. The molecule has 0 aliphatic carbocycles. The van der Waals surface area contributed by atoms with Gasteiger partial charge < -0.3 is 13.7 Å². The summed E-state index contributed by atoms with van der Waals surface area (Å²) < 4.78 is 13.0. The molecule has 5 heteroatoms. The van der Waals surface area contributed by atoms with Gasteiger partial charge in [-0.05, 0) is 62.6 Å².